The summed E-state index contributed by atoms with van der Waals surface area (Å²) in [6, 6.07) is 4.58. The molecule has 0 aromatic heterocycles. The van der Waals surface area contributed by atoms with Gasteiger partial charge in [0.05, 0.1) is 23.5 Å². The van der Waals surface area contributed by atoms with E-state index in [1.165, 1.54) is 19.2 Å². The second kappa shape index (κ2) is 9.81. The number of carbonyl (C=O) groups excluding carboxylic acids is 1. The Bertz CT molecular complexity index is 718. The molecule has 0 saturated carbocycles. The molecule has 1 aromatic carbocycles. The molecule has 0 aliphatic rings. The highest BCUT2D eigenvalue weighted by Crippen LogP contribution is 2.36. The standard InChI is InChI=1S/C22H31F3O5/c1-20(2,3)30-18(26)16(11-12-21(4,5)19(27)28)17(13-29-6)14-7-9-15(10-8-14)22(23,24)25/h7-10,16-17H,11-13H2,1-6H3,(H,27,28)/t16-,17+/m0/s1. The second-order valence-electron chi connectivity index (χ2n) is 9.05. The van der Waals surface area contributed by atoms with Crippen molar-refractivity contribution in [1.82, 2.24) is 0 Å². The Hall–Kier alpha value is -2.09. The van der Waals surface area contributed by atoms with Crippen LogP contribution in [-0.2, 0) is 25.2 Å². The van der Waals surface area contributed by atoms with Crippen LogP contribution in [0.2, 0.25) is 0 Å². The van der Waals surface area contributed by atoms with Gasteiger partial charge in [-0.3, -0.25) is 9.59 Å². The Labute approximate surface area is 175 Å². The summed E-state index contributed by atoms with van der Waals surface area (Å²) < 4.78 is 49.5. The van der Waals surface area contributed by atoms with Crippen molar-refractivity contribution in [3.05, 3.63) is 35.4 Å². The Morgan fingerprint density at radius 3 is 1.97 bits per heavy atom. The fourth-order valence-electron chi connectivity index (χ4n) is 3.03. The van der Waals surface area contributed by atoms with Crippen LogP contribution in [0, 0.1) is 11.3 Å². The van der Waals surface area contributed by atoms with E-state index in [2.05, 4.69) is 0 Å². The predicted octanol–water partition coefficient (Wildman–Crippen LogP) is 5.28. The number of hydrogen-bond donors (Lipinski definition) is 1. The van der Waals surface area contributed by atoms with Gasteiger partial charge in [-0.15, -0.1) is 0 Å². The van der Waals surface area contributed by atoms with Crippen molar-refractivity contribution in [3.63, 3.8) is 0 Å². The first-order valence-electron chi connectivity index (χ1n) is 9.71. The van der Waals surface area contributed by atoms with Crippen LogP contribution in [0.3, 0.4) is 0 Å². The van der Waals surface area contributed by atoms with Gasteiger partial charge in [0, 0.05) is 13.0 Å². The summed E-state index contributed by atoms with van der Waals surface area (Å²) in [7, 11) is 1.43. The lowest BCUT2D eigenvalue weighted by Gasteiger charge is -2.31. The molecule has 0 amide bonds. The van der Waals surface area contributed by atoms with Gasteiger partial charge in [-0.2, -0.15) is 13.2 Å². The molecule has 1 rings (SSSR count). The van der Waals surface area contributed by atoms with Crippen LogP contribution >= 0.6 is 0 Å². The van der Waals surface area contributed by atoms with Gasteiger partial charge in [0.25, 0.3) is 0 Å². The summed E-state index contributed by atoms with van der Waals surface area (Å²) in [5.74, 6) is -2.90. The fourth-order valence-corrected chi connectivity index (χ4v) is 3.03. The predicted molar refractivity (Wildman–Crippen MR) is 106 cm³/mol. The lowest BCUT2D eigenvalue weighted by Crippen LogP contribution is -2.35. The highest BCUT2D eigenvalue weighted by molar-refractivity contribution is 5.75. The quantitative estimate of drug-likeness (QED) is 0.537. The molecule has 0 saturated heterocycles. The van der Waals surface area contributed by atoms with Gasteiger partial charge < -0.3 is 14.6 Å². The van der Waals surface area contributed by atoms with Crippen molar-refractivity contribution in [2.75, 3.05) is 13.7 Å². The number of methoxy groups -OCH3 is 1. The van der Waals surface area contributed by atoms with Crippen molar-refractivity contribution < 1.29 is 37.3 Å². The number of aliphatic carboxylic acids is 1. The van der Waals surface area contributed by atoms with E-state index in [-0.39, 0.29) is 19.4 Å². The maximum Gasteiger partial charge on any atom is 0.416 e. The first kappa shape index (κ1) is 25.9. The molecular weight excluding hydrogens is 401 g/mol. The third-order valence-corrected chi connectivity index (χ3v) is 4.87. The van der Waals surface area contributed by atoms with E-state index in [1.807, 2.05) is 0 Å². The monoisotopic (exact) mass is 432 g/mol. The Morgan fingerprint density at radius 2 is 1.57 bits per heavy atom. The summed E-state index contributed by atoms with van der Waals surface area (Å²) in [5, 5.41) is 9.40. The summed E-state index contributed by atoms with van der Waals surface area (Å²) in [4.78, 5) is 24.4. The van der Waals surface area contributed by atoms with Crippen LogP contribution in [0.5, 0.6) is 0 Å². The van der Waals surface area contributed by atoms with E-state index < -0.39 is 46.5 Å². The summed E-state index contributed by atoms with van der Waals surface area (Å²) >= 11 is 0. The molecule has 0 fully saturated rings. The normalized spacial score (nSPS) is 14.8. The molecule has 8 heteroatoms. The molecule has 0 heterocycles. The summed E-state index contributed by atoms with van der Waals surface area (Å²) in [5.41, 5.74) is -2.13. The number of carbonyl (C=O) groups is 2. The van der Waals surface area contributed by atoms with Crippen LogP contribution in [-0.4, -0.2) is 36.4 Å². The number of rotatable bonds is 9. The third-order valence-electron chi connectivity index (χ3n) is 4.87. The highest BCUT2D eigenvalue weighted by Gasteiger charge is 2.37. The molecular formula is C22H31F3O5. The van der Waals surface area contributed by atoms with Gasteiger partial charge in [-0.05, 0) is 65.2 Å². The van der Waals surface area contributed by atoms with Crippen molar-refractivity contribution >= 4 is 11.9 Å². The molecule has 170 valence electrons. The number of alkyl halides is 3. The molecule has 0 spiro atoms. The van der Waals surface area contributed by atoms with Crippen molar-refractivity contribution in [2.45, 2.75) is 65.2 Å². The average molecular weight is 432 g/mol. The van der Waals surface area contributed by atoms with E-state index in [0.29, 0.717) is 5.56 Å². The molecule has 1 aromatic rings. The summed E-state index contributed by atoms with van der Waals surface area (Å²) in [6.07, 6.45) is -4.10. The lowest BCUT2D eigenvalue weighted by atomic mass is 9.78. The second-order valence-corrected chi connectivity index (χ2v) is 9.05. The van der Waals surface area contributed by atoms with E-state index in [1.54, 1.807) is 34.6 Å². The minimum absolute atomic E-state index is 0.0722. The number of carboxylic acids is 1. The third kappa shape index (κ3) is 7.63. The minimum atomic E-state index is -4.47. The van der Waals surface area contributed by atoms with E-state index in [9.17, 15) is 27.9 Å². The number of carboxylic acid groups (broad SMARTS) is 1. The number of halogens is 3. The van der Waals surface area contributed by atoms with E-state index >= 15 is 0 Å². The fraction of sp³-hybridized carbons (Fsp3) is 0.636. The molecule has 2 atom stereocenters. The molecule has 0 aliphatic heterocycles. The van der Waals surface area contributed by atoms with E-state index in [0.717, 1.165) is 12.1 Å². The van der Waals surface area contributed by atoms with Gasteiger partial charge in [0.1, 0.15) is 5.60 Å². The zero-order chi connectivity index (χ0) is 23.3. The Balaban J connectivity index is 3.29. The maximum atomic E-state index is 13.0. The number of ether oxygens (including phenoxy) is 2. The number of hydrogen-bond acceptors (Lipinski definition) is 4. The zero-order valence-electron chi connectivity index (χ0n) is 18.3. The van der Waals surface area contributed by atoms with Crippen molar-refractivity contribution in [2.24, 2.45) is 11.3 Å². The minimum Gasteiger partial charge on any atom is -0.481 e. The SMILES string of the molecule is COC[C@H](c1ccc(C(F)(F)F)cc1)[C@H](CCC(C)(C)C(=O)O)C(=O)OC(C)(C)C. The molecule has 30 heavy (non-hydrogen) atoms. The van der Waals surface area contributed by atoms with Gasteiger partial charge >= 0.3 is 18.1 Å². The molecule has 1 N–H and O–H groups in total. The van der Waals surface area contributed by atoms with Crippen LogP contribution in [0.4, 0.5) is 13.2 Å². The average Bonchev–Trinajstić information content (AvgIpc) is 2.58. The smallest absolute Gasteiger partial charge is 0.416 e. The van der Waals surface area contributed by atoms with Crippen LogP contribution in [0.15, 0.2) is 24.3 Å². The molecule has 0 unspecified atom stereocenters. The highest BCUT2D eigenvalue weighted by atomic mass is 19.4. The molecule has 0 radical (unpaired) electrons. The number of esters is 1. The van der Waals surface area contributed by atoms with Gasteiger partial charge in [-0.25, -0.2) is 0 Å². The molecule has 5 nitrogen and oxygen atoms in total. The first-order valence-corrected chi connectivity index (χ1v) is 9.71. The number of benzene rings is 1. The van der Waals surface area contributed by atoms with Crippen molar-refractivity contribution in [1.29, 1.82) is 0 Å². The first-order chi connectivity index (χ1) is 13.6. The van der Waals surface area contributed by atoms with Crippen LogP contribution < -0.4 is 0 Å². The van der Waals surface area contributed by atoms with Crippen molar-refractivity contribution in [3.8, 4) is 0 Å². The zero-order valence-corrected chi connectivity index (χ0v) is 18.3. The topological polar surface area (TPSA) is 72.8 Å². The van der Waals surface area contributed by atoms with Crippen LogP contribution in [0.25, 0.3) is 0 Å². The molecule has 0 aliphatic carbocycles. The Morgan fingerprint density at radius 1 is 1.03 bits per heavy atom. The van der Waals surface area contributed by atoms with Gasteiger partial charge in [0.15, 0.2) is 0 Å². The van der Waals surface area contributed by atoms with Gasteiger partial charge in [-0.1, -0.05) is 12.1 Å². The maximum absolute atomic E-state index is 13.0. The largest absolute Gasteiger partial charge is 0.481 e. The van der Waals surface area contributed by atoms with E-state index in [4.69, 9.17) is 9.47 Å². The Kier molecular flexibility index (Phi) is 8.49. The lowest BCUT2D eigenvalue weighted by molar-refractivity contribution is -0.162. The summed E-state index contributed by atoms with van der Waals surface area (Å²) in [6.45, 7) is 8.34. The van der Waals surface area contributed by atoms with Crippen LogP contribution in [0.1, 0.15) is 64.5 Å². The van der Waals surface area contributed by atoms with Gasteiger partial charge in [0.2, 0.25) is 0 Å². The molecule has 0 bridgehead atoms.